The first-order chi connectivity index (χ1) is 15.6. The number of nitrogens with one attached hydrogen (secondary N) is 3. The van der Waals surface area contributed by atoms with Gasteiger partial charge in [-0.25, -0.2) is 35.5 Å². The SMILES string of the molecule is NS(=O)(=O)c1c(S(=O)(=O)N[C@@H]2CCNC2)ccc(N2CCC(C(F)F)CC2)c1-c1nn[nH]n1. The third kappa shape index (κ3) is 4.98. The smallest absolute Gasteiger partial charge is 0.242 e. The summed E-state index contributed by atoms with van der Waals surface area (Å²) in [5.74, 6) is -0.943. The zero-order valence-corrected chi connectivity index (χ0v) is 19.0. The van der Waals surface area contributed by atoms with E-state index in [2.05, 4.69) is 30.7 Å². The zero-order chi connectivity index (χ0) is 23.8. The van der Waals surface area contributed by atoms with E-state index in [1.54, 1.807) is 4.90 Å². The number of aromatic nitrogens is 4. The minimum absolute atomic E-state index is 0.144. The van der Waals surface area contributed by atoms with E-state index in [0.717, 1.165) is 6.07 Å². The predicted molar refractivity (Wildman–Crippen MR) is 114 cm³/mol. The molecule has 1 atom stereocenters. The number of nitrogens with zero attached hydrogens (tertiary/aromatic N) is 4. The molecule has 2 fully saturated rings. The Bertz CT molecular complexity index is 1190. The molecule has 0 aliphatic carbocycles. The molecule has 1 aromatic heterocycles. The van der Waals surface area contributed by atoms with Crippen LogP contribution in [0, 0.1) is 5.92 Å². The first-order valence-corrected chi connectivity index (χ1v) is 13.3. The second-order valence-corrected chi connectivity index (χ2v) is 11.2. The zero-order valence-electron chi connectivity index (χ0n) is 17.4. The van der Waals surface area contributed by atoms with Crippen LogP contribution in [-0.4, -0.2) is 76.1 Å². The lowest BCUT2D eigenvalue weighted by atomic mass is 9.96. The lowest BCUT2D eigenvalue weighted by Gasteiger charge is -2.34. The number of piperidine rings is 1. The third-order valence-electron chi connectivity index (χ3n) is 5.86. The summed E-state index contributed by atoms with van der Waals surface area (Å²) < 4.78 is 80.4. The number of primary sulfonamides is 1. The Morgan fingerprint density at radius 2 is 1.88 bits per heavy atom. The van der Waals surface area contributed by atoms with Crippen LogP contribution in [0.15, 0.2) is 21.9 Å². The van der Waals surface area contributed by atoms with Gasteiger partial charge in [0.15, 0.2) is 0 Å². The fourth-order valence-corrected chi connectivity index (χ4v) is 7.09. The van der Waals surface area contributed by atoms with Gasteiger partial charge in [-0.05, 0) is 43.2 Å². The molecule has 33 heavy (non-hydrogen) atoms. The van der Waals surface area contributed by atoms with Crippen molar-refractivity contribution in [2.75, 3.05) is 31.1 Å². The lowest BCUT2D eigenvalue weighted by molar-refractivity contribution is 0.0636. The number of rotatable bonds is 7. The van der Waals surface area contributed by atoms with Gasteiger partial charge in [0.05, 0.1) is 5.56 Å². The van der Waals surface area contributed by atoms with E-state index < -0.39 is 48.2 Å². The van der Waals surface area contributed by atoms with Gasteiger partial charge in [-0.1, -0.05) is 0 Å². The molecule has 0 bridgehead atoms. The fraction of sp³-hybridized carbons (Fsp3) is 0.588. The molecule has 0 saturated carbocycles. The summed E-state index contributed by atoms with van der Waals surface area (Å²) in [7, 11) is -8.89. The van der Waals surface area contributed by atoms with Crippen LogP contribution in [0.4, 0.5) is 14.5 Å². The highest BCUT2D eigenvalue weighted by molar-refractivity contribution is 7.92. The summed E-state index contributed by atoms with van der Waals surface area (Å²) in [6.07, 6.45) is -1.54. The number of hydrogen-bond acceptors (Lipinski definition) is 9. The van der Waals surface area contributed by atoms with E-state index in [0.29, 0.717) is 19.5 Å². The molecule has 1 aromatic carbocycles. The predicted octanol–water partition coefficient (Wildman–Crippen LogP) is -0.364. The van der Waals surface area contributed by atoms with Gasteiger partial charge in [0.1, 0.15) is 9.79 Å². The number of nitrogens with two attached hydrogens (primary N) is 1. The van der Waals surface area contributed by atoms with Crippen molar-refractivity contribution in [3.05, 3.63) is 12.1 Å². The van der Waals surface area contributed by atoms with Gasteiger partial charge in [-0.15, -0.1) is 10.2 Å². The first kappa shape index (κ1) is 23.9. The largest absolute Gasteiger partial charge is 0.371 e. The molecule has 0 spiro atoms. The summed E-state index contributed by atoms with van der Waals surface area (Å²) in [4.78, 5) is 0.489. The van der Waals surface area contributed by atoms with Crippen LogP contribution in [0.25, 0.3) is 11.4 Å². The number of alkyl halides is 2. The third-order valence-corrected chi connectivity index (χ3v) is 8.55. The topological polar surface area (TPSA) is 176 Å². The van der Waals surface area contributed by atoms with Crippen molar-refractivity contribution in [1.29, 1.82) is 0 Å². The molecule has 182 valence electrons. The van der Waals surface area contributed by atoms with Gasteiger partial charge >= 0.3 is 0 Å². The maximum Gasteiger partial charge on any atom is 0.242 e. The van der Waals surface area contributed by atoms with Gasteiger partial charge < -0.3 is 10.2 Å². The van der Waals surface area contributed by atoms with E-state index in [4.69, 9.17) is 5.14 Å². The number of benzene rings is 1. The van der Waals surface area contributed by atoms with Gasteiger partial charge in [0.2, 0.25) is 32.3 Å². The highest BCUT2D eigenvalue weighted by Gasteiger charge is 2.35. The van der Waals surface area contributed by atoms with Gasteiger partial charge in [-0.2, -0.15) is 5.21 Å². The first-order valence-electron chi connectivity index (χ1n) is 10.3. The quantitative estimate of drug-likeness (QED) is 0.390. The van der Waals surface area contributed by atoms with Crippen LogP contribution in [0.2, 0.25) is 0 Å². The average molecular weight is 507 g/mol. The van der Waals surface area contributed by atoms with Gasteiger partial charge in [0.25, 0.3) is 0 Å². The molecule has 2 aromatic rings. The Labute approximate surface area is 189 Å². The fourth-order valence-electron chi connectivity index (χ4n) is 4.23. The standard InChI is InChI=1S/C17H24F2N8O4S2/c18-16(19)10-4-7-27(8-5-10)12-1-2-13(33(30,31)24-11-3-6-21-9-11)15(32(20,28)29)14(12)17-22-25-26-23-17/h1-2,10-11,16,21,24H,3-9H2,(H2,20,28,29)(H,22,23,25,26)/t11-/m1/s1. The van der Waals surface area contributed by atoms with Crippen LogP contribution in [-0.2, 0) is 20.0 Å². The lowest BCUT2D eigenvalue weighted by Crippen LogP contribution is -2.38. The monoisotopic (exact) mass is 506 g/mol. The maximum atomic E-state index is 13.2. The summed E-state index contributed by atoms with van der Waals surface area (Å²) in [6.45, 7) is 1.44. The van der Waals surface area contributed by atoms with Crippen molar-refractivity contribution in [2.24, 2.45) is 11.1 Å². The Kier molecular flexibility index (Phi) is 6.63. The minimum Gasteiger partial charge on any atom is -0.371 e. The van der Waals surface area contributed by atoms with Crippen LogP contribution in [0.3, 0.4) is 0 Å². The summed E-state index contributed by atoms with van der Waals surface area (Å²) >= 11 is 0. The van der Waals surface area contributed by atoms with Crippen molar-refractivity contribution in [1.82, 2.24) is 30.7 Å². The van der Waals surface area contributed by atoms with Crippen molar-refractivity contribution in [3.8, 4) is 11.4 Å². The van der Waals surface area contributed by atoms with Crippen LogP contribution in [0.1, 0.15) is 19.3 Å². The normalized spacial score (nSPS) is 20.6. The second-order valence-electron chi connectivity index (χ2n) is 8.04. The average Bonchev–Trinajstić information content (AvgIpc) is 3.46. The van der Waals surface area contributed by atoms with Crippen molar-refractivity contribution in [3.63, 3.8) is 0 Å². The summed E-state index contributed by atoms with van der Waals surface area (Å²) in [5, 5.41) is 21.9. The second kappa shape index (κ2) is 9.17. The number of H-pyrrole nitrogens is 1. The highest BCUT2D eigenvalue weighted by Crippen LogP contribution is 2.40. The molecule has 0 amide bonds. The number of sulfonamides is 2. The Morgan fingerprint density at radius 3 is 2.42 bits per heavy atom. The summed E-state index contributed by atoms with van der Waals surface area (Å²) in [5.41, 5.74) is 0.129. The molecular formula is C17H24F2N8O4S2. The van der Waals surface area contributed by atoms with Crippen molar-refractivity contribution in [2.45, 2.75) is 41.5 Å². The maximum absolute atomic E-state index is 13.2. The molecule has 4 rings (SSSR count). The van der Waals surface area contributed by atoms with Crippen molar-refractivity contribution >= 4 is 25.7 Å². The molecule has 3 heterocycles. The van der Waals surface area contributed by atoms with E-state index >= 15 is 0 Å². The van der Waals surface area contributed by atoms with Gasteiger partial charge in [-0.3, -0.25) is 0 Å². The van der Waals surface area contributed by atoms with Crippen molar-refractivity contribution < 1.29 is 25.6 Å². The van der Waals surface area contributed by atoms with Crippen LogP contribution >= 0.6 is 0 Å². The molecule has 0 radical (unpaired) electrons. The van der Waals surface area contributed by atoms with Gasteiger partial charge in [0, 0.05) is 37.3 Å². The Balaban J connectivity index is 1.85. The number of tetrazole rings is 1. The van der Waals surface area contributed by atoms with Crippen LogP contribution in [0.5, 0.6) is 0 Å². The minimum atomic E-state index is -4.60. The highest BCUT2D eigenvalue weighted by atomic mass is 32.2. The Hall–Kier alpha value is -2.27. The molecular weight excluding hydrogens is 482 g/mol. The molecule has 16 heteroatoms. The number of halogens is 2. The van der Waals surface area contributed by atoms with E-state index in [1.807, 2.05) is 0 Å². The molecule has 0 unspecified atom stereocenters. The van der Waals surface area contributed by atoms with E-state index in [-0.39, 0.29) is 43.0 Å². The van der Waals surface area contributed by atoms with E-state index in [1.165, 1.54) is 6.07 Å². The summed E-state index contributed by atoms with van der Waals surface area (Å²) in [6, 6.07) is 2.16. The molecule has 2 aliphatic rings. The van der Waals surface area contributed by atoms with E-state index in [9.17, 15) is 25.6 Å². The molecule has 5 N–H and O–H groups in total. The number of anilines is 1. The Morgan fingerprint density at radius 1 is 1.15 bits per heavy atom. The number of hydrogen-bond donors (Lipinski definition) is 4. The molecule has 2 saturated heterocycles. The molecule has 12 nitrogen and oxygen atoms in total. The molecule has 2 aliphatic heterocycles. The number of aromatic amines is 1. The van der Waals surface area contributed by atoms with Crippen LogP contribution < -0.4 is 20.1 Å².